The second-order valence-electron chi connectivity index (χ2n) is 2.03. The van der Waals surface area contributed by atoms with Crippen molar-refractivity contribution in [1.29, 1.82) is 0 Å². The second kappa shape index (κ2) is 2.43. The molecule has 1 heterocycles. The van der Waals surface area contributed by atoms with Gasteiger partial charge in [-0.25, -0.2) is 0 Å². The van der Waals surface area contributed by atoms with E-state index in [1.54, 1.807) is 0 Å². The largest absolute Gasteiger partial charge is 0.394 e. The van der Waals surface area contributed by atoms with Crippen molar-refractivity contribution in [1.82, 2.24) is 0 Å². The minimum absolute atomic E-state index is 0.214. The van der Waals surface area contributed by atoms with Gasteiger partial charge in [0.05, 0.1) is 6.61 Å². The van der Waals surface area contributed by atoms with E-state index in [1.165, 1.54) is 6.21 Å². The molecule has 4 heteroatoms. The van der Waals surface area contributed by atoms with E-state index in [9.17, 15) is 0 Å². The first-order valence-corrected chi connectivity index (χ1v) is 2.76. The smallest absolute Gasteiger partial charge is 0.117 e. The average molecular weight is 131 g/mol. The third-order valence-corrected chi connectivity index (χ3v) is 1.36. The van der Waals surface area contributed by atoms with Gasteiger partial charge >= 0.3 is 0 Å². The van der Waals surface area contributed by atoms with Gasteiger partial charge in [0.15, 0.2) is 0 Å². The molecule has 0 fully saturated rings. The molecule has 1 aliphatic heterocycles. The molecule has 1 aliphatic rings. The molecule has 4 nitrogen and oxygen atoms in total. The third-order valence-electron chi connectivity index (χ3n) is 1.36. The Labute approximate surface area is 52.5 Å². The zero-order valence-corrected chi connectivity index (χ0v) is 4.81. The van der Waals surface area contributed by atoms with Gasteiger partial charge in [0.25, 0.3) is 0 Å². The maximum atomic E-state index is 8.92. The number of aliphatic hydroxyl groups is 3. The molecule has 0 bridgehead atoms. The zero-order chi connectivity index (χ0) is 6.85. The molecule has 0 spiro atoms. The standard InChI is InChI=1S/C5H9NO3/c7-2-3-5(9)4(8)1-6-3/h1,3-5,7-9H,2H2. The molecule has 3 atom stereocenters. The molecule has 0 aromatic carbocycles. The average Bonchev–Trinajstić information content (AvgIpc) is 2.15. The Morgan fingerprint density at radius 3 is 2.33 bits per heavy atom. The minimum Gasteiger partial charge on any atom is -0.394 e. The quantitative estimate of drug-likeness (QED) is 0.391. The second-order valence-corrected chi connectivity index (χ2v) is 2.03. The Hall–Kier alpha value is -0.450. The summed E-state index contributed by atoms with van der Waals surface area (Å²) in [6.07, 6.45) is -0.580. The van der Waals surface area contributed by atoms with Gasteiger partial charge in [-0.1, -0.05) is 0 Å². The van der Waals surface area contributed by atoms with Crippen LogP contribution in [0, 0.1) is 0 Å². The molecule has 0 amide bonds. The van der Waals surface area contributed by atoms with Gasteiger partial charge in [-0.05, 0) is 0 Å². The minimum atomic E-state index is -0.921. The topological polar surface area (TPSA) is 73.1 Å². The fraction of sp³-hybridized carbons (Fsp3) is 0.800. The fourth-order valence-corrected chi connectivity index (χ4v) is 0.758. The molecule has 3 N–H and O–H groups in total. The molecule has 0 aromatic rings. The number of aliphatic hydroxyl groups excluding tert-OH is 3. The van der Waals surface area contributed by atoms with Crippen LogP contribution < -0.4 is 0 Å². The van der Waals surface area contributed by atoms with Crippen molar-refractivity contribution in [2.45, 2.75) is 18.2 Å². The molecular weight excluding hydrogens is 122 g/mol. The van der Waals surface area contributed by atoms with Crippen molar-refractivity contribution >= 4 is 6.21 Å². The van der Waals surface area contributed by atoms with E-state index in [-0.39, 0.29) is 6.61 Å². The van der Waals surface area contributed by atoms with E-state index in [2.05, 4.69) is 4.99 Å². The van der Waals surface area contributed by atoms with Crippen molar-refractivity contribution in [3.63, 3.8) is 0 Å². The lowest BCUT2D eigenvalue weighted by atomic mass is 10.1. The van der Waals surface area contributed by atoms with E-state index in [4.69, 9.17) is 15.3 Å². The summed E-state index contributed by atoms with van der Waals surface area (Å²) in [5, 5.41) is 26.2. The molecule has 0 radical (unpaired) electrons. The first kappa shape index (κ1) is 6.67. The fourth-order valence-electron chi connectivity index (χ4n) is 0.758. The van der Waals surface area contributed by atoms with Gasteiger partial charge in [-0.2, -0.15) is 0 Å². The summed E-state index contributed by atoms with van der Waals surface area (Å²) >= 11 is 0. The van der Waals surface area contributed by atoms with Crippen LogP contribution in [0.4, 0.5) is 0 Å². The molecule has 52 valence electrons. The van der Waals surface area contributed by atoms with Crippen molar-refractivity contribution in [3.05, 3.63) is 0 Å². The summed E-state index contributed by atoms with van der Waals surface area (Å²) < 4.78 is 0. The monoisotopic (exact) mass is 131 g/mol. The Balaban J connectivity index is 2.51. The van der Waals surface area contributed by atoms with Crippen LogP contribution in [0.3, 0.4) is 0 Å². The Bertz CT molecular complexity index is 125. The molecule has 0 saturated carbocycles. The van der Waals surface area contributed by atoms with Crippen LogP contribution in [-0.2, 0) is 0 Å². The first-order chi connectivity index (χ1) is 4.25. The number of aliphatic imine (C=N–C) groups is 1. The Kier molecular flexibility index (Phi) is 1.80. The maximum absolute atomic E-state index is 8.92. The van der Waals surface area contributed by atoms with E-state index in [0.717, 1.165) is 0 Å². The van der Waals surface area contributed by atoms with Crippen LogP contribution in [0.5, 0.6) is 0 Å². The van der Waals surface area contributed by atoms with Gasteiger partial charge in [-0.3, -0.25) is 4.99 Å². The van der Waals surface area contributed by atoms with Crippen LogP contribution in [0.2, 0.25) is 0 Å². The molecule has 0 aliphatic carbocycles. The van der Waals surface area contributed by atoms with E-state index in [1.807, 2.05) is 0 Å². The third kappa shape index (κ3) is 1.10. The lowest BCUT2D eigenvalue weighted by molar-refractivity contribution is 0.0419. The summed E-state index contributed by atoms with van der Waals surface area (Å²) in [7, 11) is 0. The van der Waals surface area contributed by atoms with Crippen molar-refractivity contribution in [2.24, 2.45) is 4.99 Å². The van der Waals surface area contributed by atoms with Gasteiger partial charge in [0.1, 0.15) is 18.2 Å². The summed E-state index contributed by atoms with van der Waals surface area (Å²) in [6.45, 7) is -0.214. The predicted molar refractivity (Wildman–Crippen MR) is 31.4 cm³/mol. The van der Waals surface area contributed by atoms with Crippen LogP contribution in [-0.4, -0.2) is 46.4 Å². The number of hydrogen-bond acceptors (Lipinski definition) is 4. The van der Waals surface area contributed by atoms with E-state index >= 15 is 0 Å². The van der Waals surface area contributed by atoms with Crippen molar-refractivity contribution < 1.29 is 15.3 Å². The predicted octanol–water partition coefficient (Wildman–Crippen LogP) is -1.85. The highest BCUT2D eigenvalue weighted by molar-refractivity contribution is 5.66. The SMILES string of the molecule is OCC1N=CC(O)C1O. The van der Waals surface area contributed by atoms with Gasteiger partial charge < -0.3 is 15.3 Å². The van der Waals surface area contributed by atoms with Crippen LogP contribution in [0.25, 0.3) is 0 Å². The van der Waals surface area contributed by atoms with Crippen LogP contribution >= 0.6 is 0 Å². The van der Waals surface area contributed by atoms with Gasteiger partial charge in [-0.15, -0.1) is 0 Å². The molecule has 1 rings (SSSR count). The number of nitrogens with zero attached hydrogens (tertiary/aromatic N) is 1. The summed E-state index contributed by atoms with van der Waals surface area (Å²) in [5.41, 5.74) is 0. The van der Waals surface area contributed by atoms with Crippen molar-refractivity contribution in [3.8, 4) is 0 Å². The summed E-state index contributed by atoms with van der Waals surface area (Å²) in [5.74, 6) is 0. The van der Waals surface area contributed by atoms with E-state index < -0.39 is 18.2 Å². The molecule has 0 saturated heterocycles. The molecule has 9 heavy (non-hydrogen) atoms. The summed E-state index contributed by atoms with van der Waals surface area (Å²) in [6, 6.07) is -0.528. The molecule has 0 aromatic heterocycles. The van der Waals surface area contributed by atoms with E-state index in [0.29, 0.717) is 0 Å². The number of hydrogen-bond donors (Lipinski definition) is 3. The zero-order valence-electron chi connectivity index (χ0n) is 4.81. The van der Waals surface area contributed by atoms with Crippen LogP contribution in [0.1, 0.15) is 0 Å². The van der Waals surface area contributed by atoms with Crippen molar-refractivity contribution in [2.75, 3.05) is 6.61 Å². The molecular formula is C5H9NO3. The lowest BCUT2D eigenvalue weighted by Crippen LogP contribution is -2.32. The normalized spacial score (nSPS) is 41.9. The maximum Gasteiger partial charge on any atom is 0.117 e. The lowest BCUT2D eigenvalue weighted by Gasteiger charge is -2.10. The highest BCUT2D eigenvalue weighted by Crippen LogP contribution is 2.08. The number of rotatable bonds is 1. The Morgan fingerprint density at radius 1 is 1.44 bits per heavy atom. The molecule has 3 unspecified atom stereocenters. The van der Waals surface area contributed by atoms with Gasteiger partial charge in [0.2, 0.25) is 0 Å². The van der Waals surface area contributed by atoms with Gasteiger partial charge in [0, 0.05) is 6.21 Å². The highest BCUT2D eigenvalue weighted by atomic mass is 16.3. The Morgan fingerprint density at radius 2 is 2.11 bits per heavy atom. The highest BCUT2D eigenvalue weighted by Gasteiger charge is 2.28. The summed E-state index contributed by atoms with van der Waals surface area (Å²) in [4.78, 5) is 3.64. The first-order valence-electron chi connectivity index (χ1n) is 2.76. The van der Waals surface area contributed by atoms with Crippen LogP contribution in [0.15, 0.2) is 4.99 Å².